The van der Waals surface area contributed by atoms with Crippen molar-refractivity contribution in [2.75, 3.05) is 39.4 Å². The number of hydrogen-bond donors (Lipinski definition) is 2. The number of ether oxygens (including phenoxy) is 4. The number of carboxylic acid groups (broad SMARTS) is 1. The van der Waals surface area contributed by atoms with Gasteiger partial charge in [-0.25, -0.2) is 8.78 Å². The Labute approximate surface area is 248 Å². The average molecular weight is 597 g/mol. The molecule has 0 bridgehead atoms. The molecule has 0 saturated carbocycles. The number of amides is 1. The molecular weight excluding hydrogens is 562 g/mol. The number of benzene rings is 3. The lowest BCUT2D eigenvalue weighted by Crippen LogP contribution is -2.36. The number of methoxy groups -OCH3 is 2. The Morgan fingerprint density at radius 3 is 2.35 bits per heavy atom. The highest BCUT2D eigenvalue weighted by atomic mass is 19.1. The molecule has 3 aromatic rings. The van der Waals surface area contributed by atoms with Gasteiger partial charge in [0.25, 0.3) is 0 Å². The van der Waals surface area contributed by atoms with Gasteiger partial charge >= 0.3 is 5.97 Å². The molecule has 9 nitrogen and oxygen atoms in total. The van der Waals surface area contributed by atoms with Crippen molar-refractivity contribution in [2.24, 2.45) is 5.92 Å². The van der Waals surface area contributed by atoms with Gasteiger partial charge in [0, 0.05) is 29.8 Å². The SMILES string of the molecule is CCc1cc(F)cc(CC)c1NC(=O)CN1C[C@H](c2cc(OC)c3c(c2)OCO3)C(C(=O)O)[C@@H]1c1ccc(OC)cc1F. The first-order chi connectivity index (χ1) is 20.7. The van der Waals surface area contributed by atoms with E-state index in [1.165, 1.54) is 38.5 Å². The second-order valence-electron chi connectivity index (χ2n) is 10.5. The number of anilines is 1. The third kappa shape index (κ3) is 5.81. The first kappa shape index (κ1) is 30.1. The van der Waals surface area contributed by atoms with Crippen LogP contribution >= 0.6 is 0 Å². The largest absolute Gasteiger partial charge is 0.497 e. The summed E-state index contributed by atoms with van der Waals surface area (Å²) in [4.78, 5) is 28.1. The molecule has 0 aliphatic carbocycles. The molecule has 0 aromatic heterocycles. The summed E-state index contributed by atoms with van der Waals surface area (Å²) in [5.74, 6) is -2.91. The quantitative estimate of drug-likeness (QED) is 0.324. The van der Waals surface area contributed by atoms with Crippen LogP contribution in [0.1, 0.15) is 48.1 Å². The van der Waals surface area contributed by atoms with E-state index in [4.69, 9.17) is 18.9 Å². The lowest BCUT2D eigenvalue weighted by atomic mass is 9.82. The molecule has 0 spiro atoms. The molecule has 43 heavy (non-hydrogen) atoms. The van der Waals surface area contributed by atoms with Crippen molar-refractivity contribution in [1.29, 1.82) is 0 Å². The highest BCUT2D eigenvalue weighted by Crippen LogP contribution is 2.50. The summed E-state index contributed by atoms with van der Waals surface area (Å²) in [5.41, 5.74) is 2.56. The number of fused-ring (bicyclic) bond motifs is 1. The minimum absolute atomic E-state index is 0.00294. The number of carbonyl (C=O) groups excluding carboxylic acids is 1. The van der Waals surface area contributed by atoms with Gasteiger partial charge in [-0.1, -0.05) is 19.9 Å². The van der Waals surface area contributed by atoms with Gasteiger partial charge in [-0.15, -0.1) is 0 Å². The number of carboxylic acids is 1. The number of carbonyl (C=O) groups is 2. The number of likely N-dealkylation sites (tertiary alicyclic amines) is 1. The zero-order valence-electron chi connectivity index (χ0n) is 24.4. The molecule has 2 N–H and O–H groups in total. The van der Waals surface area contributed by atoms with Gasteiger partial charge in [-0.2, -0.15) is 0 Å². The topological polar surface area (TPSA) is 107 Å². The second-order valence-corrected chi connectivity index (χ2v) is 10.5. The van der Waals surface area contributed by atoms with E-state index < -0.39 is 35.6 Å². The van der Waals surface area contributed by atoms with Crippen molar-refractivity contribution < 1.29 is 42.4 Å². The van der Waals surface area contributed by atoms with Crippen molar-refractivity contribution in [3.8, 4) is 23.0 Å². The minimum Gasteiger partial charge on any atom is -0.497 e. The van der Waals surface area contributed by atoms with Gasteiger partial charge in [0.15, 0.2) is 11.5 Å². The van der Waals surface area contributed by atoms with Gasteiger partial charge in [0.2, 0.25) is 18.4 Å². The van der Waals surface area contributed by atoms with Gasteiger partial charge < -0.3 is 29.4 Å². The first-order valence-corrected chi connectivity index (χ1v) is 14.1. The zero-order chi connectivity index (χ0) is 30.8. The van der Waals surface area contributed by atoms with E-state index in [0.29, 0.717) is 52.5 Å². The molecule has 5 rings (SSSR count). The number of nitrogens with zero attached hydrogens (tertiary/aromatic N) is 1. The Morgan fingerprint density at radius 2 is 1.74 bits per heavy atom. The predicted molar refractivity (Wildman–Crippen MR) is 154 cm³/mol. The van der Waals surface area contributed by atoms with Crippen LogP contribution in [0.15, 0.2) is 42.5 Å². The van der Waals surface area contributed by atoms with Crippen LogP contribution in [-0.4, -0.2) is 56.0 Å². The maximum Gasteiger partial charge on any atom is 0.309 e. The van der Waals surface area contributed by atoms with Gasteiger partial charge in [-0.05, 0) is 59.9 Å². The number of aryl methyl sites for hydroxylation is 2. The Kier molecular flexibility index (Phi) is 8.72. The van der Waals surface area contributed by atoms with Crippen LogP contribution in [0.4, 0.5) is 14.5 Å². The molecule has 1 amide bonds. The third-order valence-electron chi connectivity index (χ3n) is 8.16. The second kappa shape index (κ2) is 12.5. The average Bonchev–Trinajstić information content (AvgIpc) is 3.62. The van der Waals surface area contributed by atoms with Gasteiger partial charge in [-0.3, -0.25) is 14.5 Å². The molecule has 1 unspecified atom stereocenters. The summed E-state index contributed by atoms with van der Waals surface area (Å²) in [6.45, 7) is 3.62. The van der Waals surface area contributed by atoms with Crippen molar-refractivity contribution in [3.63, 3.8) is 0 Å². The Bertz CT molecular complexity index is 1520. The molecule has 0 radical (unpaired) electrons. The zero-order valence-corrected chi connectivity index (χ0v) is 24.4. The van der Waals surface area contributed by atoms with Crippen LogP contribution in [-0.2, 0) is 22.4 Å². The van der Waals surface area contributed by atoms with Crippen LogP contribution < -0.4 is 24.3 Å². The molecule has 2 heterocycles. The Morgan fingerprint density at radius 1 is 1.02 bits per heavy atom. The van der Waals surface area contributed by atoms with E-state index in [1.807, 2.05) is 13.8 Å². The Balaban J connectivity index is 1.55. The smallest absolute Gasteiger partial charge is 0.309 e. The Hall–Kier alpha value is -4.38. The molecule has 228 valence electrons. The first-order valence-electron chi connectivity index (χ1n) is 14.1. The van der Waals surface area contributed by atoms with Crippen LogP contribution in [0.25, 0.3) is 0 Å². The van der Waals surface area contributed by atoms with Crippen molar-refractivity contribution >= 4 is 17.6 Å². The number of aliphatic carboxylic acids is 1. The van der Waals surface area contributed by atoms with E-state index in [-0.39, 0.29) is 37.0 Å². The fraction of sp³-hybridized carbons (Fsp3) is 0.375. The standard InChI is InChI=1S/C32H34F2N2O7/c1-5-17-9-20(33)10-18(6-2)29(17)35-27(37)15-36-14-23(19-11-25(41-4)31-26(12-19)42-16-43-31)28(32(38)39)30(36)22-8-7-21(40-3)13-24(22)34/h7-13,23,28,30H,5-6,14-16H2,1-4H3,(H,35,37)(H,38,39)/t23-,28?,30+/m1/s1. The van der Waals surface area contributed by atoms with E-state index in [1.54, 1.807) is 23.1 Å². The molecule has 3 atom stereocenters. The highest BCUT2D eigenvalue weighted by molar-refractivity contribution is 5.94. The van der Waals surface area contributed by atoms with Crippen LogP contribution in [0.5, 0.6) is 23.0 Å². The van der Waals surface area contributed by atoms with Crippen LogP contribution in [0.2, 0.25) is 0 Å². The maximum absolute atomic E-state index is 15.6. The molecule has 11 heteroatoms. The van der Waals surface area contributed by atoms with E-state index in [0.717, 1.165) is 0 Å². The number of rotatable bonds is 10. The maximum atomic E-state index is 15.6. The molecule has 2 aliphatic heterocycles. The van der Waals surface area contributed by atoms with Crippen LogP contribution in [0, 0.1) is 17.6 Å². The summed E-state index contributed by atoms with van der Waals surface area (Å²) in [7, 11) is 2.88. The van der Waals surface area contributed by atoms with E-state index in [2.05, 4.69) is 5.32 Å². The summed E-state index contributed by atoms with van der Waals surface area (Å²) in [5, 5.41) is 13.5. The fourth-order valence-corrected chi connectivity index (χ4v) is 6.15. The summed E-state index contributed by atoms with van der Waals surface area (Å²) >= 11 is 0. The molecule has 1 saturated heterocycles. The number of halogens is 2. The number of nitrogens with one attached hydrogen (secondary N) is 1. The normalized spacial score (nSPS) is 19.3. The summed E-state index contributed by atoms with van der Waals surface area (Å²) in [6, 6.07) is 9.43. The summed E-state index contributed by atoms with van der Waals surface area (Å²) in [6.07, 6.45) is 0.998. The lowest BCUT2D eigenvalue weighted by Gasteiger charge is -2.27. The third-order valence-corrected chi connectivity index (χ3v) is 8.16. The monoisotopic (exact) mass is 596 g/mol. The molecular formula is C32H34F2N2O7. The van der Waals surface area contributed by atoms with Crippen molar-refractivity contribution in [1.82, 2.24) is 4.90 Å². The highest BCUT2D eigenvalue weighted by Gasteiger charge is 2.49. The van der Waals surface area contributed by atoms with Crippen LogP contribution in [0.3, 0.4) is 0 Å². The van der Waals surface area contributed by atoms with Crippen molar-refractivity contribution in [3.05, 3.63) is 76.4 Å². The molecule has 2 aliphatic rings. The molecule has 1 fully saturated rings. The van der Waals surface area contributed by atoms with E-state index >= 15 is 4.39 Å². The molecule has 3 aromatic carbocycles. The fourth-order valence-electron chi connectivity index (χ4n) is 6.15. The summed E-state index contributed by atoms with van der Waals surface area (Å²) < 4.78 is 51.5. The van der Waals surface area contributed by atoms with Crippen molar-refractivity contribution in [2.45, 2.75) is 38.6 Å². The predicted octanol–water partition coefficient (Wildman–Crippen LogP) is 5.32. The minimum atomic E-state index is -1.15. The van der Waals surface area contributed by atoms with Gasteiger partial charge in [0.1, 0.15) is 17.4 Å². The number of hydrogen-bond acceptors (Lipinski definition) is 7. The lowest BCUT2D eigenvalue weighted by molar-refractivity contribution is -0.143. The van der Waals surface area contributed by atoms with Gasteiger partial charge in [0.05, 0.1) is 32.7 Å². The van der Waals surface area contributed by atoms with E-state index in [9.17, 15) is 19.1 Å².